The van der Waals surface area contributed by atoms with E-state index in [2.05, 4.69) is 43.1 Å². The Bertz CT molecular complexity index is 1720. The average Bonchev–Trinajstić information content (AvgIpc) is 3.35. The fourth-order valence-electron chi connectivity index (χ4n) is 6.14. The summed E-state index contributed by atoms with van der Waals surface area (Å²) in [5.41, 5.74) is 3.98. The van der Waals surface area contributed by atoms with Crippen molar-refractivity contribution < 1.29 is 19.1 Å². The normalized spacial score (nSPS) is 23.4. The van der Waals surface area contributed by atoms with E-state index in [-0.39, 0.29) is 29.8 Å². The number of hydrogen-bond acceptors (Lipinski definition) is 8. The van der Waals surface area contributed by atoms with Crippen LogP contribution in [0.2, 0.25) is 0 Å². The zero-order valence-electron chi connectivity index (χ0n) is 23.5. The van der Waals surface area contributed by atoms with E-state index in [1.165, 1.54) is 0 Å². The van der Waals surface area contributed by atoms with Crippen LogP contribution < -0.4 is 5.32 Å². The van der Waals surface area contributed by atoms with Gasteiger partial charge in [0.2, 0.25) is 18.1 Å². The smallest absolute Gasteiger partial charge is 0.248 e. The number of likely N-dealkylation sites (tertiary alicyclic amines) is 1. The summed E-state index contributed by atoms with van der Waals surface area (Å²) < 4.78 is 13.9. The van der Waals surface area contributed by atoms with Gasteiger partial charge in [0, 0.05) is 29.4 Å². The van der Waals surface area contributed by atoms with Gasteiger partial charge in [-0.25, -0.2) is 15.0 Å². The molecule has 1 N–H and O–H groups in total. The second kappa shape index (κ2) is 10.2. The van der Waals surface area contributed by atoms with E-state index >= 15 is 0 Å². The first-order chi connectivity index (χ1) is 20.2. The van der Waals surface area contributed by atoms with Gasteiger partial charge in [0.05, 0.1) is 18.7 Å². The van der Waals surface area contributed by atoms with Crippen molar-refractivity contribution in [3.8, 4) is 11.1 Å². The maximum Gasteiger partial charge on any atom is 0.248 e. The molecule has 2 amide bonds. The summed E-state index contributed by atoms with van der Waals surface area (Å²) in [6.45, 7) is 6.81. The number of carbonyl (C=O) groups excluding carboxylic acids is 2. The third kappa shape index (κ3) is 4.77. The number of anilines is 1. The third-order valence-corrected chi connectivity index (χ3v) is 9.00. The molecule has 5 heterocycles. The van der Waals surface area contributed by atoms with Crippen molar-refractivity contribution in [1.82, 2.24) is 29.6 Å². The number of benzene rings is 1. The number of aryl methyl sites for hydroxylation is 2. The molecule has 12 heteroatoms. The summed E-state index contributed by atoms with van der Waals surface area (Å²) in [6, 6.07) is 9.07. The van der Waals surface area contributed by atoms with Crippen molar-refractivity contribution in [3.05, 3.63) is 64.4 Å². The highest BCUT2D eigenvalue weighted by molar-refractivity contribution is 9.10. The Labute approximate surface area is 250 Å². The minimum atomic E-state index is -0.619. The lowest BCUT2D eigenvalue weighted by molar-refractivity contribution is -0.138. The van der Waals surface area contributed by atoms with Crippen molar-refractivity contribution >= 4 is 44.5 Å². The summed E-state index contributed by atoms with van der Waals surface area (Å²) in [5, 5.41) is 8.60. The molecule has 2 aliphatic heterocycles. The van der Waals surface area contributed by atoms with Crippen LogP contribution in [-0.4, -0.2) is 66.7 Å². The largest absolute Gasteiger partial charge is 0.345 e. The second-order valence-corrected chi connectivity index (χ2v) is 12.4. The summed E-state index contributed by atoms with van der Waals surface area (Å²) >= 11 is 3.37. The van der Waals surface area contributed by atoms with Crippen molar-refractivity contribution in [3.63, 3.8) is 0 Å². The molecule has 3 aromatic heterocycles. The van der Waals surface area contributed by atoms with Crippen LogP contribution in [0.15, 0.2) is 47.3 Å². The quantitative estimate of drug-likeness (QED) is 0.312. The highest BCUT2D eigenvalue weighted by atomic mass is 79.9. The van der Waals surface area contributed by atoms with Gasteiger partial charge < -0.3 is 19.7 Å². The predicted octanol–water partition coefficient (Wildman–Crippen LogP) is 4.33. The van der Waals surface area contributed by atoms with Crippen LogP contribution in [-0.2, 0) is 25.6 Å². The molecular formula is C30H30BrN7O4. The van der Waals surface area contributed by atoms with Crippen LogP contribution in [0.25, 0.3) is 22.0 Å². The molecule has 0 radical (unpaired) electrons. The molecule has 0 unspecified atom stereocenters. The third-order valence-electron chi connectivity index (χ3n) is 8.55. The number of nitrogens with one attached hydrogen (secondary N) is 1. The number of piperidine rings is 1. The zero-order valence-corrected chi connectivity index (χ0v) is 25.1. The van der Waals surface area contributed by atoms with Gasteiger partial charge in [-0.2, -0.15) is 5.10 Å². The first-order valence-corrected chi connectivity index (χ1v) is 14.8. The van der Waals surface area contributed by atoms with Crippen LogP contribution >= 0.6 is 15.9 Å². The van der Waals surface area contributed by atoms with Gasteiger partial charge in [0.25, 0.3) is 0 Å². The maximum atomic E-state index is 14.0. The summed E-state index contributed by atoms with van der Waals surface area (Å²) in [7, 11) is 0. The number of halogens is 1. The molecular weight excluding hydrogens is 602 g/mol. The number of hydrogen-bond donors (Lipinski definition) is 1. The number of carbonyl (C=O) groups is 2. The molecule has 11 nitrogen and oxygen atoms in total. The summed E-state index contributed by atoms with van der Waals surface area (Å²) in [6.07, 6.45) is 4.45. The van der Waals surface area contributed by atoms with E-state index in [1.54, 1.807) is 22.0 Å². The Morgan fingerprint density at radius 3 is 2.60 bits per heavy atom. The van der Waals surface area contributed by atoms with Gasteiger partial charge in [-0.3, -0.25) is 14.3 Å². The van der Waals surface area contributed by atoms with Gasteiger partial charge in [-0.1, -0.05) is 19.1 Å². The van der Waals surface area contributed by atoms with Gasteiger partial charge in [0.15, 0.2) is 0 Å². The van der Waals surface area contributed by atoms with E-state index in [4.69, 9.17) is 14.6 Å². The van der Waals surface area contributed by atoms with Crippen molar-refractivity contribution in [2.24, 2.45) is 5.41 Å². The number of pyridine rings is 1. The molecule has 3 fully saturated rings. The minimum Gasteiger partial charge on any atom is -0.345 e. The molecule has 2 saturated heterocycles. The summed E-state index contributed by atoms with van der Waals surface area (Å²) in [5.74, 6) is 0.805. The SMILES string of the molecule is Cc1ncc(-c2ccc3c(c2)c(C2OCCO2)nn3CC(=O)N2[C@H](C(=O)Nc3nc(Br)ccc3C)C[C@@]3(C)C[C@@H]23)cn1. The highest BCUT2D eigenvalue weighted by Gasteiger charge is 2.64. The van der Waals surface area contributed by atoms with E-state index < -0.39 is 12.3 Å². The Hall–Kier alpha value is -3.74. The molecule has 7 rings (SSSR count). The molecule has 1 aromatic carbocycles. The van der Waals surface area contributed by atoms with E-state index in [9.17, 15) is 9.59 Å². The van der Waals surface area contributed by atoms with E-state index in [0.717, 1.165) is 34.0 Å². The number of amides is 2. The van der Waals surface area contributed by atoms with E-state index in [1.807, 2.05) is 44.2 Å². The van der Waals surface area contributed by atoms with Crippen LogP contribution in [0.4, 0.5) is 5.82 Å². The number of aromatic nitrogens is 5. The fourth-order valence-corrected chi connectivity index (χ4v) is 6.45. The summed E-state index contributed by atoms with van der Waals surface area (Å²) in [4.78, 5) is 42.3. The zero-order chi connectivity index (χ0) is 29.2. The first-order valence-electron chi connectivity index (χ1n) is 14.0. The van der Waals surface area contributed by atoms with Crippen molar-refractivity contribution in [2.75, 3.05) is 18.5 Å². The Morgan fingerprint density at radius 1 is 1.07 bits per heavy atom. The highest BCUT2D eigenvalue weighted by Crippen LogP contribution is 2.59. The van der Waals surface area contributed by atoms with Gasteiger partial charge in [-0.05, 0) is 77.4 Å². The Morgan fingerprint density at radius 2 is 1.83 bits per heavy atom. The average molecular weight is 633 g/mol. The molecule has 0 spiro atoms. The Balaban J connectivity index is 1.19. The first kappa shape index (κ1) is 27.1. The van der Waals surface area contributed by atoms with Crippen LogP contribution in [0.5, 0.6) is 0 Å². The Kier molecular flexibility index (Phi) is 6.59. The molecule has 1 saturated carbocycles. The van der Waals surface area contributed by atoms with Crippen LogP contribution in [0.3, 0.4) is 0 Å². The molecule has 3 atom stereocenters. The van der Waals surface area contributed by atoms with Gasteiger partial charge >= 0.3 is 0 Å². The van der Waals surface area contributed by atoms with Crippen molar-refractivity contribution in [1.29, 1.82) is 0 Å². The van der Waals surface area contributed by atoms with E-state index in [0.29, 0.717) is 41.6 Å². The lowest BCUT2D eigenvalue weighted by atomic mass is 10.0. The standard InChI is InChI=1S/C30H30BrN7O4/c1-16-4-7-24(31)34-27(16)35-28(40)22-11-30(3)12-23(30)38(22)25(39)15-37-21-6-5-18(19-13-32-17(2)33-14-19)10-20(21)26(36-37)29-41-8-9-42-29/h4-7,10,13-14,22-23,29H,8-9,11-12,15H2,1-3H3,(H,34,35,40)/t22-,23+,30-/m0/s1. The van der Waals surface area contributed by atoms with Crippen LogP contribution in [0, 0.1) is 19.3 Å². The lowest BCUT2D eigenvalue weighted by Crippen LogP contribution is -2.47. The lowest BCUT2D eigenvalue weighted by Gasteiger charge is -2.27. The molecule has 0 bridgehead atoms. The number of ether oxygens (including phenoxy) is 2. The number of nitrogens with zero attached hydrogens (tertiary/aromatic N) is 6. The maximum absolute atomic E-state index is 14.0. The molecule has 42 heavy (non-hydrogen) atoms. The molecule has 216 valence electrons. The monoisotopic (exact) mass is 631 g/mol. The van der Waals surface area contributed by atoms with Crippen molar-refractivity contribution in [2.45, 2.75) is 58.5 Å². The number of fused-ring (bicyclic) bond motifs is 2. The van der Waals surface area contributed by atoms with Gasteiger partial charge in [0.1, 0.15) is 34.5 Å². The minimum absolute atomic E-state index is 0.0132. The predicted molar refractivity (Wildman–Crippen MR) is 157 cm³/mol. The number of rotatable bonds is 6. The fraction of sp³-hybridized carbons (Fsp3) is 0.400. The second-order valence-electron chi connectivity index (χ2n) is 11.6. The van der Waals surface area contributed by atoms with Crippen LogP contribution in [0.1, 0.15) is 43.1 Å². The van der Waals surface area contributed by atoms with Gasteiger partial charge in [-0.15, -0.1) is 0 Å². The molecule has 4 aromatic rings. The topological polar surface area (TPSA) is 124 Å². The molecule has 1 aliphatic carbocycles. The molecule has 3 aliphatic rings.